The molecular formula is C13H19IO3. The Morgan fingerprint density at radius 1 is 0.941 bits per heavy atom. The van der Waals surface area contributed by atoms with Crippen molar-refractivity contribution in [3.8, 4) is 0 Å². The number of rotatable bonds is 9. The van der Waals surface area contributed by atoms with Gasteiger partial charge in [-0.3, -0.25) is 0 Å². The maximum absolute atomic E-state index is 5.51. The Morgan fingerprint density at radius 2 is 1.65 bits per heavy atom. The average molecular weight is 350 g/mol. The lowest BCUT2D eigenvalue weighted by atomic mass is 10.2. The van der Waals surface area contributed by atoms with E-state index in [1.54, 1.807) is 7.11 Å². The lowest BCUT2D eigenvalue weighted by Gasteiger charge is -2.06. The van der Waals surface area contributed by atoms with Crippen LogP contribution in [0.15, 0.2) is 24.3 Å². The Morgan fingerprint density at radius 3 is 2.35 bits per heavy atom. The monoisotopic (exact) mass is 350 g/mol. The molecular weight excluding hydrogens is 331 g/mol. The SMILES string of the molecule is COCCCOCCOCc1ccc(I)cc1. The van der Waals surface area contributed by atoms with E-state index in [2.05, 4.69) is 46.9 Å². The van der Waals surface area contributed by atoms with Crippen LogP contribution in [0.3, 0.4) is 0 Å². The third kappa shape index (κ3) is 7.70. The fraction of sp³-hybridized carbons (Fsp3) is 0.538. The van der Waals surface area contributed by atoms with Crippen LogP contribution in [0.2, 0.25) is 0 Å². The Hall–Kier alpha value is -0.170. The van der Waals surface area contributed by atoms with Crippen molar-refractivity contribution in [2.24, 2.45) is 0 Å². The summed E-state index contributed by atoms with van der Waals surface area (Å²) in [4.78, 5) is 0. The molecule has 0 spiro atoms. The molecule has 1 rings (SSSR count). The zero-order chi connectivity index (χ0) is 12.3. The van der Waals surface area contributed by atoms with Gasteiger partial charge < -0.3 is 14.2 Å². The molecule has 0 aliphatic heterocycles. The molecule has 96 valence electrons. The van der Waals surface area contributed by atoms with Crippen LogP contribution in [-0.4, -0.2) is 33.5 Å². The van der Waals surface area contributed by atoms with Crippen LogP contribution in [-0.2, 0) is 20.8 Å². The first-order chi connectivity index (χ1) is 8.33. The van der Waals surface area contributed by atoms with E-state index in [9.17, 15) is 0 Å². The number of halogens is 1. The second-order valence-electron chi connectivity index (χ2n) is 3.64. The first-order valence-corrected chi connectivity index (χ1v) is 6.79. The van der Waals surface area contributed by atoms with E-state index in [1.165, 1.54) is 9.13 Å². The van der Waals surface area contributed by atoms with Crippen molar-refractivity contribution < 1.29 is 14.2 Å². The van der Waals surface area contributed by atoms with Crippen LogP contribution < -0.4 is 0 Å². The third-order valence-electron chi connectivity index (χ3n) is 2.19. The van der Waals surface area contributed by atoms with Crippen LogP contribution in [0.25, 0.3) is 0 Å². The lowest BCUT2D eigenvalue weighted by molar-refractivity contribution is 0.0337. The van der Waals surface area contributed by atoms with Crippen LogP contribution in [0.4, 0.5) is 0 Å². The van der Waals surface area contributed by atoms with Crippen molar-refractivity contribution in [2.45, 2.75) is 13.0 Å². The van der Waals surface area contributed by atoms with Gasteiger partial charge >= 0.3 is 0 Å². The highest BCUT2D eigenvalue weighted by molar-refractivity contribution is 14.1. The molecule has 0 bridgehead atoms. The van der Waals surface area contributed by atoms with Gasteiger partial charge in [-0.1, -0.05) is 12.1 Å². The molecule has 0 unspecified atom stereocenters. The van der Waals surface area contributed by atoms with E-state index in [0.717, 1.165) is 19.6 Å². The van der Waals surface area contributed by atoms with Crippen LogP contribution in [0.1, 0.15) is 12.0 Å². The van der Waals surface area contributed by atoms with Crippen LogP contribution >= 0.6 is 22.6 Å². The minimum Gasteiger partial charge on any atom is -0.385 e. The van der Waals surface area contributed by atoms with Crippen LogP contribution in [0, 0.1) is 3.57 Å². The molecule has 0 aliphatic carbocycles. The van der Waals surface area contributed by atoms with Crippen molar-refractivity contribution >= 4 is 22.6 Å². The predicted molar refractivity (Wildman–Crippen MR) is 76.1 cm³/mol. The maximum Gasteiger partial charge on any atom is 0.0718 e. The van der Waals surface area contributed by atoms with Gasteiger partial charge in [0.15, 0.2) is 0 Å². The number of methoxy groups -OCH3 is 1. The molecule has 0 atom stereocenters. The molecule has 17 heavy (non-hydrogen) atoms. The summed E-state index contributed by atoms with van der Waals surface area (Å²) in [5.41, 5.74) is 1.20. The van der Waals surface area contributed by atoms with Crippen molar-refractivity contribution in [2.75, 3.05) is 33.5 Å². The van der Waals surface area contributed by atoms with E-state index in [-0.39, 0.29) is 0 Å². The topological polar surface area (TPSA) is 27.7 Å². The number of ether oxygens (including phenoxy) is 3. The molecule has 0 heterocycles. The standard InChI is InChI=1S/C13H19IO3/c1-15-7-2-8-16-9-10-17-11-12-3-5-13(14)6-4-12/h3-6H,2,7-11H2,1H3. The number of benzene rings is 1. The lowest BCUT2D eigenvalue weighted by Crippen LogP contribution is -2.06. The summed E-state index contributed by atoms with van der Waals surface area (Å²) in [7, 11) is 1.70. The van der Waals surface area contributed by atoms with E-state index in [1.807, 2.05) is 0 Å². The minimum atomic E-state index is 0.638. The Balaban J connectivity index is 1.95. The molecule has 0 saturated heterocycles. The highest BCUT2D eigenvalue weighted by Gasteiger charge is 1.94. The molecule has 4 heteroatoms. The maximum atomic E-state index is 5.51. The number of hydrogen-bond donors (Lipinski definition) is 0. The third-order valence-corrected chi connectivity index (χ3v) is 2.91. The second-order valence-corrected chi connectivity index (χ2v) is 4.88. The molecule has 0 radical (unpaired) electrons. The highest BCUT2D eigenvalue weighted by atomic mass is 127. The van der Waals surface area contributed by atoms with Gasteiger partial charge in [-0.15, -0.1) is 0 Å². The largest absolute Gasteiger partial charge is 0.385 e. The molecule has 0 amide bonds. The van der Waals surface area contributed by atoms with E-state index >= 15 is 0 Å². The predicted octanol–water partition coefficient (Wildman–Crippen LogP) is 2.86. The Labute approximate surface area is 117 Å². The zero-order valence-corrected chi connectivity index (χ0v) is 12.3. The summed E-state index contributed by atoms with van der Waals surface area (Å²) < 4.78 is 17.1. The molecule has 1 aromatic rings. The number of hydrogen-bond acceptors (Lipinski definition) is 3. The molecule has 3 nitrogen and oxygen atoms in total. The summed E-state index contributed by atoms with van der Waals surface area (Å²) in [5, 5.41) is 0. The summed E-state index contributed by atoms with van der Waals surface area (Å²) in [5.74, 6) is 0. The van der Waals surface area contributed by atoms with Crippen molar-refractivity contribution in [3.05, 3.63) is 33.4 Å². The van der Waals surface area contributed by atoms with Gasteiger partial charge in [0, 0.05) is 23.9 Å². The van der Waals surface area contributed by atoms with Gasteiger partial charge in [0.25, 0.3) is 0 Å². The van der Waals surface area contributed by atoms with Crippen molar-refractivity contribution in [3.63, 3.8) is 0 Å². The fourth-order valence-electron chi connectivity index (χ4n) is 1.30. The van der Waals surface area contributed by atoms with E-state index in [0.29, 0.717) is 19.8 Å². The first kappa shape index (κ1) is 14.9. The molecule has 0 fully saturated rings. The van der Waals surface area contributed by atoms with Crippen molar-refractivity contribution in [1.82, 2.24) is 0 Å². The van der Waals surface area contributed by atoms with Gasteiger partial charge in [0.1, 0.15) is 0 Å². The molecule has 0 N–H and O–H groups in total. The normalized spacial score (nSPS) is 10.7. The Bertz CT molecular complexity index is 287. The first-order valence-electron chi connectivity index (χ1n) is 5.72. The Kier molecular flexibility index (Phi) is 8.60. The summed E-state index contributed by atoms with van der Waals surface area (Å²) in [6.45, 7) is 3.43. The summed E-state index contributed by atoms with van der Waals surface area (Å²) >= 11 is 2.29. The van der Waals surface area contributed by atoms with Gasteiger partial charge in [-0.25, -0.2) is 0 Å². The summed E-state index contributed by atoms with van der Waals surface area (Å²) in [6, 6.07) is 8.34. The second kappa shape index (κ2) is 9.82. The van der Waals surface area contributed by atoms with Gasteiger partial charge in [-0.2, -0.15) is 0 Å². The summed E-state index contributed by atoms with van der Waals surface area (Å²) in [6.07, 6.45) is 0.938. The molecule has 0 aromatic heterocycles. The van der Waals surface area contributed by atoms with Crippen LogP contribution in [0.5, 0.6) is 0 Å². The van der Waals surface area contributed by atoms with E-state index < -0.39 is 0 Å². The van der Waals surface area contributed by atoms with Gasteiger partial charge in [0.05, 0.1) is 19.8 Å². The van der Waals surface area contributed by atoms with E-state index in [4.69, 9.17) is 14.2 Å². The molecule has 1 aromatic carbocycles. The smallest absolute Gasteiger partial charge is 0.0718 e. The minimum absolute atomic E-state index is 0.638. The fourth-order valence-corrected chi connectivity index (χ4v) is 1.66. The molecule has 0 aliphatic rings. The average Bonchev–Trinajstić information content (AvgIpc) is 2.35. The quantitative estimate of drug-likeness (QED) is 0.506. The van der Waals surface area contributed by atoms with Gasteiger partial charge in [-0.05, 0) is 46.7 Å². The zero-order valence-electron chi connectivity index (χ0n) is 10.2. The molecule has 0 saturated carbocycles. The van der Waals surface area contributed by atoms with Crippen molar-refractivity contribution in [1.29, 1.82) is 0 Å². The van der Waals surface area contributed by atoms with Gasteiger partial charge in [0.2, 0.25) is 0 Å². The highest BCUT2D eigenvalue weighted by Crippen LogP contribution is 2.07.